The molecule has 7 nitrogen and oxygen atoms in total. The summed E-state index contributed by atoms with van der Waals surface area (Å²) in [5.41, 5.74) is 0. The van der Waals surface area contributed by atoms with Crippen LogP contribution in [-0.4, -0.2) is 99.1 Å². The van der Waals surface area contributed by atoms with Gasteiger partial charge in [-0.2, -0.15) is 0 Å². The van der Waals surface area contributed by atoms with Crippen LogP contribution in [0.3, 0.4) is 0 Å². The molecule has 0 atom stereocenters. The van der Waals surface area contributed by atoms with Crippen molar-refractivity contribution < 1.29 is 14.3 Å². The Morgan fingerprint density at radius 3 is 2.40 bits per heavy atom. The van der Waals surface area contributed by atoms with E-state index in [2.05, 4.69) is 15.1 Å². The highest BCUT2D eigenvalue weighted by atomic mass is 16.5. The molecule has 1 N–H and O–H groups in total. The maximum atomic E-state index is 11.8. The predicted molar refractivity (Wildman–Crippen MR) is 74.3 cm³/mol. The number of piperazine rings is 1. The van der Waals surface area contributed by atoms with Gasteiger partial charge in [0, 0.05) is 52.4 Å². The lowest BCUT2D eigenvalue weighted by molar-refractivity contribution is -0.123. The Kier molecular flexibility index (Phi) is 6.23. The zero-order chi connectivity index (χ0) is 14.2. The molecule has 2 fully saturated rings. The third-order valence-corrected chi connectivity index (χ3v) is 3.78. The minimum absolute atomic E-state index is 0.0674. The number of carbonyl (C=O) groups excluding carboxylic acids is 2. The molecule has 114 valence electrons. The number of nitrogens with one attached hydrogen (secondary N) is 1. The molecule has 20 heavy (non-hydrogen) atoms. The number of amides is 2. The average Bonchev–Trinajstić information content (AvgIpc) is 2.49. The lowest BCUT2D eigenvalue weighted by atomic mass is 10.3. The summed E-state index contributed by atoms with van der Waals surface area (Å²) in [5, 5.41) is 2.96. The molecule has 0 bridgehead atoms. The van der Waals surface area contributed by atoms with E-state index in [1.165, 1.54) is 0 Å². The van der Waals surface area contributed by atoms with Gasteiger partial charge in [0.05, 0.1) is 19.8 Å². The van der Waals surface area contributed by atoms with E-state index in [1.807, 2.05) is 0 Å². The summed E-state index contributed by atoms with van der Waals surface area (Å²) < 4.78 is 5.28. The van der Waals surface area contributed by atoms with E-state index >= 15 is 0 Å². The van der Waals surface area contributed by atoms with Crippen molar-refractivity contribution >= 4 is 12.3 Å². The van der Waals surface area contributed by atoms with E-state index in [-0.39, 0.29) is 5.91 Å². The Balaban J connectivity index is 1.55. The molecule has 0 aromatic rings. The second-order valence-electron chi connectivity index (χ2n) is 5.22. The quantitative estimate of drug-likeness (QED) is 0.584. The summed E-state index contributed by atoms with van der Waals surface area (Å²) in [4.78, 5) is 28.5. The molecule has 2 aliphatic heterocycles. The summed E-state index contributed by atoms with van der Waals surface area (Å²) >= 11 is 0. The van der Waals surface area contributed by atoms with Crippen LogP contribution in [0.15, 0.2) is 0 Å². The average molecular weight is 284 g/mol. The summed E-state index contributed by atoms with van der Waals surface area (Å²) in [7, 11) is 0. The van der Waals surface area contributed by atoms with Crippen molar-refractivity contribution in [3.63, 3.8) is 0 Å². The van der Waals surface area contributed by atoms with Crippen LogP contribution in [0.5, 0.6) is 0 Å². The Bertz CT molecular complexity index is 313. The molecule has 0 unspecified atom stereocenters. The smallest absolute Gasteiger partial charge is 0.234 e. The lowest BCUT2D eigenvalue weighted by Gasteiger charge is -2.32. The van der Waals surface area contributed by atoms with Gasteiger partial charge in [0.15, 0.2) is 0 Å². The number of ether oxygens (including phenoxy) is 1. The highest BCUT2D eigenvalue weighted by Crippen LogP contribution is 1.98. The van der Waals surface area contributed by atoms with Gasteiger partial charge in [-0.1, -0.05) is 0 Å². The third-order valence-electron chi connectivity index (χ3n) is 3.78. The van der Waals surface area contributed by atoms with Gasteiger partial charge < -0.3 is 15.0 Å². The molecular weight excluding hydrogens is 260 g/mol. The van der Waals surface area contributed by atoms with Gasteiger partial charge >= 0.3 is 0 Å². The molecule has 2 amide bonds. The minimum atomic E-state index is 0.0674. The first kappa shape index (κ1) is 15.2. The van der Waals surface area contributed by atoms with Crippen molar-refractivity contribution in [2.24, 2.45) is 0 Å². The van der Waals surface area contributed by atoms with Gasteiger partial charge in [-0.3, -0.25) is 19.4 Å². The normalized spacial score (nSPS) is 21.7. The molecule has 2 aliphatic rings. The second-order valence-corrected chi connectivity index (χ2v) is 5.22. The Hall–Kier alpha value is -1.18. The van der Waals surface area contributed by atoms with E-state index in [0.717, 1.165) is 52.3 Å². The zero-order valence-corrected chi connectivity index (χ0v) is 11.9. The van der Waals surface area contributed by atoms with Gasteiger partial charge in [0.25, 0.3) is 0 Å². The molecule has 0 aliphatic carbocycles. The third kappa shape index (κ3) is 5.07. The zero-order valence-electron chi connectivity index (χ0n) is 11.9. The maximum Gasteiger partial charge on any atom is 0.234 e. The summed E-state index contributed by atoms with van der Waals surface area (Å²) in [6, 6.07) is 0. The topological polar surface area (TPSA) is 65.1 Å². The van der Waals surface area contributed by atoms with E-state index in [4.69, 9.17) is 4.74 Å². The van der Waals surface area contributed by atoms with E-state index in [0.29, 0.717) is 26.2 Å². The Morgan fingerprint density at radius 1 is 1.05 bits per heavy atom. The number of hydrogen-bond donors (Lipinski definition) is 1. The van der Waals surface area contributed by atoms with Crippen LogP contribution >= 0.6 is 0 Å². The number of hydrogen-bond acceptors (Lipinski definition) is 5. The fourth-order valence-electron chi connectivity index (χ4n) is 2.46. The molecule has 0 aromatic carbocycles. The Morgan fingerprint density at radius 2 is 1.75 bits per heavy atom. The molecule has 0 aromatic heterocycles. The van der Waals surface area contributed by atoms with Crippen LogP contribution in [0.1, 0.15) is 0 Å². The van der Waals surface area contributed by atoms with E-state index in [9.17, 15) is 9.59 Å². The summed E-state index contributed by atoms with van der Waals surface area (Å²) in [6.07, 6.45) is 0.875. The lowest BCUT2D eigenvalue weighted by Crippen LogP contribution is -2.49. The van der Waals surface area contributed by atoms with Gasteiger partial charge in [0.2, 0.25) is 12.3 Å². The van der Waals surface area contributed by atoms with Gasteiger partial charge in [-0.05, 0) is 0 Å². The van der Waals surface area contributed by atoms with Crippen molar-refractivity contribution in [1.82, 2.24) is 20.0 Å². The van der Waals surface area contributed by atoms with Crippen molar-refractivity contribution in [2.45, 2.75) is 0 Å². The maximum absolute atomic E-state index is 11.8. The predicted octanol–water partition coefficient (Wildman–Crippen LogP) is -1.79. The van der Waals surface area contributed by atoms with Crippen LogP contribution in [-0.2, 0) is 14.3 Å². The molecule has 2 saturated heterocycles. The van der Waals surface area contributed by atoms with Crippen LogP contribution in [0.2, 0.25) is 0 Å². The molecule has 7 heteroatoms. The first-order chi connectivity index (χ1) is 9.78. The van der Waals surface area contributed by atoms with Crippen molar-refractivity contribution in [1.29, 1.82) is 0 Å². The van der Waals surface area contributed by atoms with E-state index < -0.39 is 0 Å². The fourth-order valence-corrected chi connectivity index (χ4v) is 2.46. The standard InChI is InChI=1S/C13H24N4O3/c18-12-17-5-3-16(4-6-17)11-13(19)14-1-2-15-7-9-20-10-8-15/h12H,1-11H2,(H,14,19). The Labute approximate surface area is 119 Å². The van der Waals surface area contributed by atoms with Crippen LogP contribution in [0.25, 0.3) is 0 Å². The highest BCUT2D eigenvalue weighted by molar-refractivity contribution is 5.78. The number of carbonyl (C=O) groups is 2. The van der Waals surface area contributed by atoms with E-state index in [1.54, 1.807) is 4.90 Å². The first-order valence-electron chi connectivity index (χ1n) is 7.26. The van der Waals surface area contributed by atoms with Gasteiger partial charge in [-0.15, -0.1) is 0 Å². The first-order valence-corrected chi connectivity index (χ1v) is 7.26. The molecule has 0 radical (unpaired) electrons. The molecule has 2 rings (SSSR count). The SMILES string of the molecule is O=CN1CCN(CC(=O)NCCN2CCOCC2)CC1. The molecule has 2 heterocycles. The van der Waals surface area contributed by atoms with Crippen LogP contribution in [0.4, 0.5) is 0 Å². The fraction of sp³-hybridized carbons (Fsp3) is 0.846. The van der Waals surface area contributed by atoms with Crippen molar-refractivity contribution in [3.8, 4) is 0 Å². The van der Waals surface area contributed by atoms with Crippen LogP contribution < -0.4 is 5.32 Å². The number of nitrogens with zero attached hydrogens (tertiary/aromatic N) is 3. The summed E-state index contributed by atoms with van der Waals surface area (Å²) in [5.74, 6) is 0.0674. The minimum Gasteiger partial charge on any atom is -0.379 e. The molecule has 0 saturated carbocycles. The molecular formula is C13H24N4O3. The van der Waals surface area contributed by atoms with Gasteiger partial charge in [0.1, 0.15) is 0 Å². The van der Waals surface area contributed by atoms with Crippen molar-refractivity contribution in [3.05, 3.63) is 0 Å². The van der Waals surface area contributed by atoms with Gasteiger partial charge in [-0.25, -0.2) is 0 Å². The molecule has 0 spiro atoms. The number of rotatable bonds is 6. The largest absolute Gasteiger partial charge is 0.379 e. The summed E-state index contributed by atoms with van der Waals surface area (Å²) in [6.45, 7) is 8.44. The monoisotopic (exact) mass is 284 g/mol. The van der Waals surface area contributed by atoms with Crippen molar-refractivity contribution in [2.75, 3.05) is 72.1 Å². The second kappa shape index (κ2) is 8.18. The van der Waals surface area contributed by atoms with Crippen LogP contribution in [0, 0.1) is 0 Å². The highest BCUT2D eigenvalue weighted by Gasteiger charge is 2.17. The number of morpholine rings is 1.